The zero-order chi connectivity index (χ0) is 15.4. The lowest BCUT2D eigenvalue weighted by atomic mass is 10.3. The van der Waals surface area contributed by atoms with Crippen molar-refractivity contribution in [2.24, 2.45) is 7.05 Å². The maximum atomic E-state index is 12.1. The van der Waals surface area contributed by atoms with Crippen LogP contribution in [0.15, 0.2) is 41.5 Å². The van der Waals surface area contributed by atoms with Gasteiger partial charge in [-0.1, -0.05) is 0 Å². The summed E-state index contributed by atoms with van der Waals surface area (Å²) in [5.41, 5.74) is 1.11. The molecule has 0 fully saturated rings. The van der Waals surface area contributed by atoms with E-state index < -0.39 is 0 Å². The second-order valence-electron chi connectivity index (χ2n) is 5.21. The fourth-order valence-corrected chi connectivity index (χ4v) is 1.98. The quantitative estimate of drug-likeness (QED) is 0.893. The van der Waals surface area contributed by atoms with E-state index >= 15 is 0 Å². The van der Waals surface area contributed by atoms with E-state index in [-0.39, 0.29) is 11.5 Å². The van der Waals surface area contributed by atoms with E-state index in [2.05, 4.69) is 5.32 Å². The third kappa shape index (κ3) is 3.82. The Morgan fingerprint density at radius 3 is 2.67 bits per heavy atom. The van der Waals surface area contributed by atoms with Crippen LogP contribution in [0.5, 0.6) is 0 Å². The van der Waals surface area contributed by atoms with Crippen molar-refractivity contribution in [3.8, 4) is 0 Å². The molecule has 0 spiro atoms. The molecular formula is C15H20N4O2. The Hall–Kier alpha value is -2.34. The molecule has 0 bridgehead atoms. The number of likely N-dealkylation sites (N-methyl/N-ethyl adjacent to an activating group) is 1. The lowest BCUT2D eigenvalue weighted by Crippen LogP contribution is -2.26. The molecule has 0 aliphatic heterocycles. The van der Waals surface area contributed by atoms with Crippen LogP contribution in [0.3, 0.4) is 0 Å². The molecule has 2 aromatic heterocycles. The summed E-state index contributed by atoms with van der Waals surface area (Å²) in [6.07, 6.45) is 3.49. The standard InChI is InChI=1S/C15H20N4O2/c1-17(2)9-10-19-11-12(6-7-14(19)20)16-15(21)13-5-4-8-18(13)3/h4-8,11H,9-10H2,1-3H3,(H,16,21). The Morgan fingerprint density at radius 2 is 2.05 bits per heavy atom. The van der Waals surface area contributed by atoms with Gasteiger partial charge in [0.05, 0.1) is 5.69 Å². The van der Waals surface area contributed by atoms with Crippen LogP contribution in [0.4, 0.5) is 5.69 Å². The van der Waals surface area contributed by atoms with E-state index in [1.54, 1.807) is 27.5 Å². The van der Waals surface area contributed by atoms with E-state index in [0.29, 0.717) is 17.9 Å². The summed E-state index contributed by atoms with van der Waals surface area (Å²) >= 11 is 0. The predicted octanol–water partition coefficient (Wildman–Crippen LogP) is 1.00. The number of nitrogens with zero attached hydrogens (tertiary/aromatic N) is 3. The molecule has 112 valence electrons. The lowest BCUT2D eigenvalue weighted by Gasteiger charge is -2.13. The molecule has 0 aliphatic carbocycles. The van der Waals surface area contributed by atoms with Gasteiger partial charge in [-0.3, -0.25) is 9.59 Å². The van der Waals surface area contributed by atoms with Gasteiger partial charge in [0.2, 0.25) is 0 Å². The second kappa shape index (κ2) is 6.41. The molecule has 6 heteroatoms. The number of hydrogen-bond donors (Lipinski definition) is 1. The summed E-state index contributed by atoms with van der Waals surface area (Å²) in [4.78, 5) is 25.9. The average Bonchev–Trinajstić information content (AvgIpc) is 2.85. The van der Waals surface area contributed by atoms with E-state index in [4.69, 9.17) is 0 Å². The van der Waals surface area contributed by atoms with Gasteiger partial charge < -0.3 is 19.4 Å². The molecule has 0 aromatic carbocycles. The van der Waals surface area contributed by atoms with Crippen molar-refractivity contribution in [3.63, 3.8) is 0 Å². The predicted molar refractivity (Wildman–Crippen MR) is 82.6 cm³/mol. The van der Waals surface area contributed by atoms with Crippen LogP contribution in [0.1, 0.15) is 10.5 Å². The van der Waals surface area contributed by atoms with Crippen LogP contribution in [-0.4, -0.2) is 40.6 Å². The van der Waals surface area contributed by atoms with Crippen molar-refractivity contribution in [2.75, 3.05) is 26.0 Å². The fraction of sp³-hybridized carbons (Fsp3) is 0.333. The van der Waals surface area contributed by atoms with Gasteiger partial charge in [0.15, 0.2) is 0 Å². The average molecular weight is 288 g/mol. The van der Waals surface area contributed by atoms with Crippen molar-refractivity contribution in [3.05, 3.63) is 52.7 Å². The SMILES string of the molecule is CN(C)CCn1cc(NC(=O)c2cccn2C)ccc1=O. The van der Waals surface area contributed by atoms with E-state index in [1.165, 1.54) is 6.07 Å². The minimum atomic E-state index is -0.194. The summed E-state index contributed by atoms with van der Waals surface area (Å²) in [6.45, 7) is 1.34. The summed E-state index contributed by atoms with van der Waals surface area (Å²) in [7, 11) is 5.71. The number of carbonyl (C=O) groups excluding carboxylic acids is 1. The molecule has 1 N–H and O–H groups in total. The number of rotatable bonds is 5. The van der Waals surface area contributed by atoms with Gasteiger partial charge in [-0.15, -0.1) is 0 Å². The number of pyridine rings is 1. The van der Waals surface area contributed by atoms with Gasteiger partial charge in [-0.2, -0.15) is 0 Å². The summed E-state index contributed by atoms with van der Waals surface area (Å²) in [5.74, 6) is -0.194. The number of carbonyl (C=O) groups is 1. The van der Waals surface area contributed by atoms with Crippen molar-refractivity contribution in [1.29, 1.82) is 0 Å². The first kappa shape index (κ1) is 15.1. The summed E-state index contributed by atoms with van der Waals surface area (Å²) in [5, 5.41) is 2.81. The van der Waals surface area contributed by atoms with Crippen LogP contribution in [0.2, 0.25) is 0 Å². The van der Waals surface area contributed by atoms with Crippen LogP contribution < -0.4 is 10.9 Å². The van der Waals surface area contributed by atoms with Crippen molar-refractivity contribution >= 4 is 11.6 Å². The monoisotopic (exact) mass is 288 g/mol. The maximum absolute atomic E-state index is 12.1. The highest BCUT2D eigenvalue weighted by Crippen LogP contribution is 2.07. The fourth-order valence-electron chi connectivity index (χ4n) is 1.98. The molecule has 0 saturated heterocycles. The van der Waals surface area contributed by atoms with Gasteiger partial charge in [-0.05, 0) is 32.3 Å². The molecule has 0 unspecified atom stereocenters. The highest BCUT2D eigenvalue weighted by Gasteiger charge is 2.09. The summed E-state index contributed by atoms with van der Waals surface area (Å²) < 4.78 is 3.35. The molecule has 2 rings (SSSR count). The minimum Gasteiger partial charge on any atom is -0.347 e. The molecule has 0 atom stereocenters. The zero-order valence-corrected chi connectivity index (χ0v) is 12.5. The van der Waals surface area contributed by atoms with Gasteiger partial charge in [0, 0.05) is 38.6 Å². The second-order valence-corrected chi connectivity index (χ2v) is 5.21. The topological polar surface area (TPSA) is 59.3 Å². The molecule has 6 nitrogen and oxygen atoms in total. The molecule has 0 saturated carbocycles. The van der Waals surface area contributed by atoms with Gasteiger partial charge in [0.1, 0.15) is 5.69 Å². The van der Waals surface area contributed by atoms with Crippen LogP contribution in [0.25, 0.3) is 0 Å². The normalized spacial score (nSPS) is 10.9. The number of anilines is 1. The van der Waals surface area contributed by atoms with Crippen LogP contribution in [0, 0.1) is 0 Å². The Bertz CT molecular complexity index is 685. The van der Waals surface area contributed by atoms with E-state index in [1.807, 2.05) is 38.3 Å². The Morgan fingerprint density at radius 1 is 1.29 bits per heavy atom. The number of aromatic nitrogens is 2. The first-order valence-corrected chi connectivity index (χ1v) is 6.75. The largest absolute Gasteiger partial charge is 0.347 e. The Labute approximate surface area is 123 Å². The highest BCUT2D eigenvalue weighted by atomic mass is 16.2. The molecule has 1 amide bonds. The van der Waals surface area contributed by atoms with Gasteiger partial charge >= 0.3 is 0 Å². The van der Waals surface area contributed by atoms with Gasteiger partial charge in [0.25, 0.3) is 11.5 Å². The molecule has 2 heterocycles. The first-order valence-electron chi connectivity index (χ1n) is 6.75. The van der Waals surface area contributed by atoms with Crippen molar-refractivity contribution < 1.29 is 4.79 Å². The van der Waals surface area contributed by atoms with Crippen molar-refractivity contribution in [1.82, 2.24) is 14.0 Å². The van der Waals surface area contributed by atoms with E-state index in [0.717, 1.165) is 6.54 Å². The molecule has 21 heavy (non-hydrogen) atoms. The highest BCUT2D eigenvalue weighted by molar-refractivity contribution is 6.03. The number of amides is 1. The molecule has 0 radical (unpaired) electrons. The molecule has 0 aliphatic rings. The van der Waals surface area contributed by atoms with E-state index in [9.17, 15) is 9.59 Å². The van der Waals surface area contributed by atoms with Crippen LogP contribution >= 0.6 is 0 Å². The summed E-state index contributed by atoms with van der Waals surface area (Å²) in [6, 6.07) is 6.65. The zero-order valence-electron chi connectivity index (χ0n) is 12.5. The molecule has 2 aromatic rings. The smallest absolute Gasteiger partial charge is 0.272 e. The minimum absolute atomic E-state index is 0.0753. The Balaban J connectivity index is 2.14. The third-order valence-electron chi connectivity index (χ3n) is 3.21. The number of hydrogen-bond acceptors (Lipinski definition) is 3. The maximum Gasteiger partial charge on any atom is 0.272 e. The third-order valence-corrected chi connectivity index (χ3v) is 3.21. The molecular weight excluding hydrogens is 268 g/mol. The van der Waals surface area contributed by atoms with Crippen LogP contribution in [-0.2, 0) is 13.6 Å². The Kier molecular flexibility index (Phi) is 4.59. The number of aryl methyl sites for hydroxylation is 1. The lowest BCUT2D eigenvalue weighted by molar-refractivity contribution is 0.101. The van der Waals surface area contributed by atoms with Crippen molar-refractivity contribution in [2.45, 2.75) is 6.54 Å². The first-order chi connectivity index (χ1) is 9.97. The van der Waals surface area contributed by atoms with Gasteiger partial charge in [-0.25, -0.2) is 0 Å². The number of nitrogens with one attached hydrogen (secondary N) is 1.